The highest BCUT2D eigenvalue weighted by Gasteiger charge is 2.14. The Morgan fingerprint density at radius 1 is 1.25 bits per heavy atom. The molecule has 0 unspecified atom stereocenters. The lowest BCUT2D eigenvalue weighted by Crippen LogP contribution is -2.37. The summed E-state index contributed by atoms with van der Waals surface area (Å²) in [6, 6.07) is 11.5. The summed E-state index contributed by atoms with van der Waals surface area (Å²) < 4.78 is 0. The van der Waals surface area contributed by atoms with Crippen molar-refractivity contribution in [3.8, 4) is 0 Å². The van der Waals surface area contributed by atoms with Crippen LogP contribution in [0.4, 0.5) is 0 Å². The summed E-state index contributed by atoms with van der Waals surface area (Å²) in [5.41, 5.74) is 2.54. The predicted octanol–water partition coefficient (Wildman–Crippen LogP) is 2.93. The summed E-state index contributed by atoms with van der Waals surface area (Å²) in [5.74, 6) is -0.396. The van der Waals surface area contributed by atoms with Crippen LogP contribution < -0.4 is 5.32 Å². The molecule has 3 aromatic rings. The average Bonchev–Trinajstić information content (AvgIpc) is 3.18. The normalized spacial score (nSPS) is 10.8. The maximum Gasteiger partial charge on any atom is 0.268 e. The molecule has 1 aromatic carbocycles. The van der Waals surface area contributed by atoms with Gasteiger partial charge in [0, 0.05) is 22.8 Å². The number of benzene rings is 1. The molecule has 0 aliphatic heterocycles. The number of nitrogens with zero attached hydrogens (tertiary/aromatic N) is 1. The molecule has 24 heavy (non-hydrogen) atoms. The van der Waals surface area contributed by atoms with Crippen LogP contribution in [0.25, 0.3) is 10.9 Å². The molecule has 3 rings (SSSR count). The first kappa shape index (κ1) is 16.3. The smallest absolute Gasteiger partial charge is 0.268 e. The van der Waals surface area contributed by atoms with Crippen molar-refractivity contribution in [3.05, 3.63) is 57.9 Å². The van der Waals surface area contributed by atoms with Crippen molar-refractivity contribution in [2.45, 2.75) is 13.5 Å². The molecular formula is C18H19N3O2S. The lowest BCUT2D eigenvalue weighted by Gasteiger charge is -2.17. The number of aromatic nitrogens is 1. The topological polar surface area (TPSA) is 65.2 Å². The number of aromatic amines is 1. The zero-order valence-corrected chi connectivity index (χ0v) is 14.4. The fourth-order valence-electron chi connectivity index (χ4n) is 2.45. The van der Waals surface area contributed by atoms with E-state index in [2.05, 4.69) is 10.3 Å². The number of carbonyl (C=O) groups is 2. The Balaban J connectivity index is 1.57. The van der Waals surface area contributed by atoms with Gasteiger partial charge in [-0.15, -0.1) is 11.3 Å². The van der Waals surface area contributed by atoms with Gasteiger partial charge in [0.15, 0.2) is 0 Å². The zero-order valence-electron chi connectivity index (χ0n) is 13.6. The van der Waals surface area contributed by atoms with Crippen molar-refractivity contribution in [1.29, 1.82) is 0 Å². The molecule has 0 bridgehead atoms. The molecule has 6 heteroatoms. The number of nitrogens with one attached hydrogen (secondary N) is 2. The molecule has 2 heterocycles. The van der Waals surface area contributed by atoms with Crippen LogP contribution in [0, 0.1) is 6.92 Å². The van der Waals surface area contributed by atoms with Crippen molar-refractivity contribution in [2.24, 2.45) is 0 Å². The summed E-state index contributed by atoms with van der Waals surface area (Å²) in [4.78, 5) is 30.2. The van der Waals surface area contributed by atoms with Crippen LogP contribution >= 0.6 is 11.3 Å². The monoisotopic (exact) mass is 341 g/mol. The highest BCUT2D eigenvalue weighted by molar-refractivity contribution is 7.10. The fraction of sp³-hybridized carbons (Fsp3) is 0.222. The number of rotatable bonds is 5. The lowest BCUT2D eigenvalue weighted by atomic mass is 10.2. The van der Waals surface area contributed by atoms with Gasteiger partial charge in [-0.05, 0) is 36.1 Å². The Morgan fingerprint density at radius 3 is 2.75 bits per heavy atom. The van der Waals surface area contributed by atoms with Crippen LogP contribution in [-0.4, -0.2) is 35.3 Å². The van der Waals surface area contributed by atoms with E-state index in [0.29, 0.717) is 12.2 Å². The quantitative estimate of drug-likeness (QED) is 0.749. The number of hydrogen-bond acceptors (Lipinski definition) is 3. The Labute approximate surface area is 144 Å². The molecule has 0 atom stereocenters. The SMILES string of the molecule is Cc1ccsc1CN(C)C(=O)CNC(=O)c1cc2ccccc2[nH]1. The van der Waals surface area contributed by atoms with Gasteiger partial charge in [-0.2, -0.15) is 0 Å². The minimum absolute atomic E-state index is 0.0187. The highest BCUT2D eigenvalue weighted by atomic mass is 32.1. The van der Waals surface area contributed by atoms with Crippen molar-refractivity contribution in [1.82, 2.24) is 15.2 Å². The van der Waals surface area contributed by atoms with Crippen molar-refractivity contribution >= 4 is 34.1 Å². The van der Waals surface area contributed by atoms with E-state index in [1.807, 2.05) is 42.6 Å². The maximum absolute atomic E-state index is 12.2. The molecule has 0 radical (unpaired) electrons. The van der Waals surface area contributed by atoms with Gasteiger partial charge in [-0.1, -0.05) is 18.2 Å². The number of aryl methyl sites for hydroxylation is 1. The molecule has 2 aromatic heterocycles. The van der Waals surface area contributed by atoms with Crippen LogP contribution in [0.5, 0.6) is 0 Å². The second kappa shape index (κ2) is 6.88. The van der Waals surface area contributed by atoms with E-state index in [0.717, 1.165) is 15.8 Å². The number of thiophene rings is 1. The van der Waals surface area contributed by atoms with E-state index < -0.39 is 0 Å². The van der Waals surface area contributed by atoms with E-state index >= 15 is 0 Å². The Morgan fingerprint density at radius 2 is 2.04 bits per heavy atom. The fourth-order valence-corrected chi connectivity index (χ4v) is 3.41. The maximum atomic E-state index is 12.2. The molecular weight excluding hydrogens is 322 g/mol. The Kier molecular flexibility index (Phi) is 4.66. The van der Waals surface area contributed by atoms with E-state index in [1.54, 1.807) is 29.4 Å². The first-order chi connectivity index (χ1) is 11.5. The highest BCUT2D eigenvalue weighted by Crippen LogP contribution is 2.17. The lowest BCUT2D eigenvalue weighted by molar-refractivity contribution is -0.129. The second-order valence-electron chi connectivity index (χ2n) is 5.73. The summed E-state index contributed by atoms with van der Waals surface area (Å²) in [6.07, 6.45) is 0. The van der Waals surface area contributed by atoms with Gasteiger partial charge in [-0.3, -0.25) is 9.59 Å². The molecule has 2 amide bonds. The van der Waals surface area contributed by atoms with E-state index in [9.17, 15) is 9.59 Å². The number of fused-ring (bicyclic) bond motifs is 1. The first-order valence-corrected chi connectivity index (χ1v) is 8.55. The molecule has 0 saturated heterocycles. The summed E-state index contributed by atoms with van der Waals surface area (Å²) in [7, 11) is 1.75. The first-order valence-electron chi connectivity index (χ1n) is 7.67. The molecule has 0 aliphatic carbocycles. The van der Waals surface area contributed by atoms with Gasteiger partial charge in [0.1, 0.15) is 5.69 Å². The van der Waals surface area contributed by atoms with Crippen LogP contribution in [0.1, 0.15) is 20.9 Å². The van der Waals surface area contributed by atoms with Gasteiger partial charge >= 0.3 is 0 Å². The number of likely N-dealkylation sites (N-methyl/N-ethyl adjacent to an activating group) is 1. The average molecular weight is 341 g/mol. The van der Waals surface area contributed by atoms with Crippen LogP contribution in [0.2, 0.25) is 0 Å². The van der Waals surface area contributed by atoms with E-state index in [-0.39, 0.29) is 18.4 Å². The number of H-pyrrole nitrogens is 1. The van der Waals surface area contributed by atoms with Gasteiger partial charge < -0.3 is 15.2 Å². The number of amides is 2. The Bertz CT molecular complexity index is 848. The Hall–Kier alpha value is -2.60. The molecule has 124 valence electrons. The molecule has 0 aliphatic rings. The second-order valence-corrected chi connectivity index (χ2v) is 6.73. The largest absolute Gasteiger partial charge is 0.351 e. The number of hydrogen-bond donors (Lipinski definition) is 2. The summed E-state index contributed by atoms with van der Waals surface area (Å²) in [5, 5.41) is 5.66. The van der Waals surface area contributed by atoms with E-state index in [4.69, 9.17) is 0 Å². The van der Waals surface area contributed by atoms with Crippen molar-refractivity contribution in [3.63, 3.8) is 0 Å². The van der Waals surface area contributed by atoms with Crippen molar-refractivity contribution in [2.75, 3.05) is 13.6 Å². The van der Waals surface area contributed by atoms with Gasteiger partial charge in [-0.25, -0.2) is 0 Å². The molecule has 2 N–H and O–H groups in total. The minimum atomic E-state index is -0.278. The zero-order chi connectivity index (χ0) is 17.1. The summed E-state index contributed by atoms with van der Waals surface area (Å²) >= 11 is 1.63. The predicted molar refractivity (Wildman–Crippen MR) is 96.2 cm³/mol. The molecule has 0 spiro atoms. The van der Waals surface area contributed by atoms with E-state index in [1.165, 1.54) is 5.56 Å². The third-order valence-electron chi connectivity index (χ3n) is 3.95. The standard InChI is InChI=1S/C18H19N3O2S/c1-12-7-8-24-16(12)11-21(2)17(22)10-19-18(23)15-9-13-5-3-4-6-14(13)20-15/h3-9,20H,10-11H2,1-2H3,(H,19,23). The van der Waals surface area contributed by atoms with Gasteiger partial charge in [0.2, 0.25) is 5.91 Å². The molecule has 0 fully saturated rings. The summed E-state index contributed by atoms with van der Waals surface area (Å²) in [6.45, 7) is 2.57. The molecule has 5 nitrogen and oxygen atoms in total. The molecule has 0 saturated carbocycles. The van der Waals surface area contributed by atoms with Gasteiger partial charge in [0.05, 0.1) is 13.1 Å². The number of para-hydroxylation sites is 1. The third-order valence-corrected chi connectivity index (χ3v) is 4.96. The number of carbonyl (C=O) groups excluding carboxylic acids is 2. The third kappa shape index (κ3) is 3.49. The van der Waals surface area contributed by atoms with Crippen molar-refractivity contribution < 1.29 is 9.59 Å². The van der Waals surface area contributed by atoms with Gasteiger partial charge in [0.25, 0.3) is 5.91 Å². The van der Waals surface area contributed by atoms with Crippen LogP contribution in [0.3, 0.4) is 0 Å². The van der Waals surface area contributed by atoms with Crippen LogP contribution in [-0.2, 0) is 11.3 Å². The van der Waals surface area contributed by atoms with Crippen LogP contribution in [0.15, 0.2) is 41.8 Å². The minimum Gasteiger partial charge on any atom is -0.351 e.